The maximum atomic E-state index is 15.2. The number of nitriles is 1. The summed E-state index contributed by atoms with van der Waals surface area (Å²) in [5.74, 6) is -1.83. The number of rotatable bonds is 11. The predicted molar refractivity (Wildman–Crippen MR) is 245 cm³/mol. The van der Waals surface area contributed by atoms with E-state index >= 15 is 4.39 Å². The molecule has 0 radical (unpaired) electrons. The summed E-state index contributed by atoms with van der Waals surface area (Å²) in [4.78, 5) is 63.2. The quantitative estimate of drug-likeness (QED) is 0.179. The Morgan fingerprint density at radius 3 is 2.39 bits per heavy atom. The Morgan fingerprint density at radius 2 is 1.67 bits per heavy atom. The molecule has 4 aliphatic heterocycles. The van der Waals surface area contributed by atoms with E-state index in [9.17, 15) is 37.2 Å². The van der Waals surface area contributed by atoms with Crippen molar-refractivity contribution >= 4 is 61.0 Å². The predicted octanol–water partition coefficient (Wildman–Crippen LogP) is 3.78. The number of piperidine rings is 1. The van der Waals surface area contributed by atoms with Crippen LogP contribution in [0.15, 0.2) is 88.7 Å². The first-order valence-electron chi connectivity index (χ1n) is 22.0. The van der Waals surface area contributed by atoms with Crippen LogP contribution in [0, 0.1) is 23.1 Å². The molecule has 0 aliphatic carbocycles. The highest BCUT2D eigenvalue weighted by Gasteiger charge is 2.36. The molecule has 2 N–H and O–H groups in total. The van der Waals surface area contributed by atoms with Crippen molar-refractivity contribution < 1.29 is 31.5 Å². The summed E-state index contributed by atoms with van der Waals surface area (Å²) in [5.41, 5.74) is 2.93. The normalized spacial score (nSPS) is 19.7. The maximum Gasteiger partial charge on any atom is 0.329 e. The number of hydrogen-bond donors (Lipinski definition) is 2. The Balaban J connectivity index is 0.769. The zero-order chi connectivity index (χ0) is 46.7. The average Bonchev–Trinajstić information content (AvgIpc) is 3.87. The van der Waals surface area contributed by atoms with E-state index in [0.29, 0.717) is 22.6 Å². The van der Waals surface area contributed by atoms with E-state index in [2.05, 4.69) is 29.7 Å². The third-order valence-corrected chi connectivity index (χ3v) is 14.6. The number of ether oxygens (including phenoxy) is 1. The topological polar surface area (TPSA) is 200 Å². The largest absolute Gasteiger partial charge is 0.453 e. The number of alkyl halides is 1. The number of carbonyl (C=O) groups is 2. The lowest BCUT2D eigenvalue weighted by molar-refractivity contribution is -0.135. The highest BCUT2D eigenvalue weighted by molar-refractivity contribution is 7.90. The fourth-order valence-corrected chi connectivity index (χ4v) is 10.9. The van der Waals surface area contributed by atoms with E-state index in [1.165, 1.54) is 33.7 Å². The van der Waals surface area contributed by atoms with Crippen LogP contribution in [0.4, 0.5) is 25.8 Å². The van der Waals surface area contributed by atoms with Crippen molar-refractivity contribution in [1.29, 1.82) is 5.26 Å². The number of para-hydroxylation sites is 1. The summed E-state index contributed by atoms with van der Waals surface area (Å²) in [6, 6.07) is 20.8. The molecule has 2 unspecified atom stereocenters. The van der Waals surface area contributed by atoms with Gasteiger partial charge in [-0.1, -0.05) is 6.07 Å². The highest BCUT2D eigenvalue weighted by atomic mass is 32.2. The second-order valence-electron chi connectivity index (χ2n) is 17.4. The van der Waals surface area contributed by atoms with Crippen LogP contribution in [0.2, 0.25) is 0 Å². The molecule has 2 atom stereocenters. The van der Waals surface area contributed by atoms with Gasteiger partial charge in [-0.2, -0.15) is 18.0 Å². The lowest BCUT2D eigenvalue weighted by atomic mass is 9.97. The van der Waals surface area contributed by atoms with Crippen LogP contribution in [0.1, 0.15) is 30.9 Å². The maximum absolute atomic E-state index is 15.2. The van der Waals surface area contributed by atoms with Gasteiger partial charge in [0.15, 0.2) is 11.6 Å². The second kappa shape index (κ2) is 17.3. The number of aromatic nitrogens is 4. The van der Waals surface area contributed by atoms with Gasteiger partial charge in [0.05, 0.1) is 39.0 Å². The van der Waals surface area contributed by atoms with E-state index in [0.717, 1.165) is 79.1 Å². The SMILES string of the molecule is Cn1c(=O)n(C2CCC(=O)NC2=O)c2cccc(N3CC(CN4CCN(c5ccc(-n6cnc7ccc(Oc8c(F)ccc(NS(=O)(=O)N9CCC(F)C9)c8C#N)cc7c6=O)cc5)CC4)C3)c21. The Bertz CT molecular complexity index is 3250. The Kier molecular flexibility index (Phi) is 11.3. The van der Waals surface area contributed by atoms with Crippen molar-refractivity contribution in [3.63, 3.8) is 0 Å². The molecule has 2 aromatic heterocycles. The number of hydrogen-bond acceptors (Lipinski definition) is 12. The zero-order valence-corrected chi connectivity index (χ0v) is 37.1. The first-order chi connectivity index (χ1) is 32.3. The average molecular weight is 934 g/mol. The minimum absolute atomic E-state index is 0.00784. The number of amides is 2. The van der Waals surface area contributed by atoms with Gasteiger partial charge in [0.25, 0.3) is 5.56 Å². The van der Waals surface area contributed by atoms with Gasteiger partial charge in [-0.05, 0) is 79.6 Å². The van der Waals surface area contributed by atoms with Crippen LogP contribution >= 0.6 is 0 Å². The molecule has 346 valence electrons. The molecule has 0 spiro atoms. The van der Waals surface area contributed by atoms with Crippen molar-refractivity contribution in [2.45, 2.75) is 31.5 Å². The summed E-state index contributed by atoms with van der Waals surface area (Å²) >= 11 is 0. The number of nitrogens with one attached hydrogen (secondary N) is 2. The summed E-state index contributed by atoms with van der Waals surface area (Å²) < 4.78 is 68.2. The molecular weight excluding hydrogens is 889 g/mol. The molecule has 6 heterocycles. The Morgan fingerprint density at radius 1 is 0.910 bits per heavy atom. The monoisotopic (exact) mass is 933 g/mol. The van der Waals surface area contributed by atoms with Gasteiger partial charge >= 0.3 is 15.9 Å². The van der Waals surface area contributed by atoms with Crippen molar-refractivity contribution in [3.05, 3.63) is 111 Å². The van der Waals surface area contributed by atoms with E-state index in [1.54, 1.807) is 17.7 Å². The van der Waals surface area contributed by atoms with Gasteiger partial charge in [-0.3, -0.25) is 43.0 Å². The smallest absolute Gasteiger partial charge is 0.329 e. The Hall–Kier alpha value is -7.15. The highest BCUT2D eigenvalue weighted by Crippen LogP contribution is 2.36. The number of imide groups is 1. The van der Waals surface area contributed by atoms with E-state index in [-0.39, 0.29) is 60.8 Å². The van der Waals surface area contributed by atoms with Crippen molar-refractivity contribution in [1.82, 2.24) is 33.2 Å². The van der Waals surface area contributed by atoms with Crippen LogP contribution in [-0.2, 0) is 26.8 Å². The fourth-order valence-electron chi connectivity index (χ4n) is 9.59. The number of halogens is 2. The lowest BCUT2D eigenvalue weighted by Crippen LogP contribution is -2.55. The molecule has 4 aliphatic rings. The van der Waals surface area contributed by atoms with E-state index in [1.807, 2.05) is 42.5 Å². The first-order valence-corrected chi connectivity index (χ1v) is 23.4. The number of piperazine rings is 1. The number of nitrogens with zero attached hydrogens (tertiary/aromatic N) is 9. The second-order valence-corrected chi connectivity index (χ2v) is 19.0. The minimum atomic E-state index is -4.24. The summed E-state index contributed by atoms with van der Waals surface area (Å²) in [5, 5.41) is 12.5. The molecule has 21 heteroatoms. The van der Waals surface area contributed by atoms with Crippen LogP contribution < -0.4 is 35.8 Å². The van der Waals surface area contributed by atoms with Crippen molar-refractivity contribution in [2.24, 2.45) is 13.0 Å². The van der Waals surface area contributed by atoms with Gasteiger partial charge in [0.1, 0.15) is 35.9 Å². The lowest BCUT2D eigenvalue weighted by Gasteiger charge is -2.45. The molecule has 2 amide bonds. The van der Waals surface area contributed by atoms with Gasteiger partial charge < -0.3 is 14.5 Å². The van der Waals surface area contributed by atoms with Gasteiger partial charge in [-0.25, -0.2) is 18.6 Å². The molecule has 4 saturated heterocycles. The molecule has 67 heavy (non-hydrogen) atoms. The fraction of sp³-hybridized carbons (Fsp3) is 0.348. The Labute approximate surface area is 382 Å². The van der Waals surface area contributed by atoms with E-state index < -0.39 is 51.0 Å². The number of benzene rings is 4. The van der Waals surface area contributed by atoms with Crippen LogP contribution in [-0.4, -0.2) is 113 Å². The zero-order valence-electron chi connectivity index (χ0n) is 36.3. The van der Waals surface area contributed by atoms with Gasteiger partial charge in [-0.15, -0.1) is 0 Å². The molecule has 4 fully saturated rings. The number of imidazole rings is 1. The standard InChI is InChI=1S/C46H45F2N11O7S/c1-53-42-38(3-2-4-39(42)59(46(53)63)40-13-14-41(60)51-44(40)61)56-24-28(25-56)23-54-17-19-55(20-18-54)30-5-7-31(8-6-30)58-27-50-36-11-9-32(21-33(36)45(58)62)66-43-34(22-49)37(12-10-35(43)48)52-67(64,65)57-16-15-29(47)26-57/h2-12,21,27-29,40,52H,13-20,23-26H2,1H3,(H,51,60,61). The third kappa shape index (κ3) is 8.14. The number of aryl methyl sites for hydroxylation is 1. The van der Waals surface area contributed by atoms with Crippen molar-refractivity contribution in [2.75, 3.05) is 73.4 Å². The molecule has 10 rings (SSSR count). The van der Waals surface area contributed by atoms with E-state index in [4.69, 9.17) is 4.74 Å². The number of anilines is 3. The summed E-state index contributed by atoms with van der Waals surface area (Å²) in [6.07, 6.45) is 0.616. The molecular formula is C46H45F2N11O7S. The van der Waals surface area contributed by atoms with Crippen LogP contribution in [0.25, 0.3) is 27.6 Å². The molecule has 0 bridgehead atoms. The summed E-state index contributed by atoms with van der Waals surface area (Å²) in [7, 11) is -2.53. The first kappa shape index (κ1) is 43.7. The minimum Gasteiger partial charge on any atom is -0.453 e. The van der Waals surface area contributed by atoms with Gasteiger partial charge in [0.2, 0.25) is 11.8 Å². The summed E-state index contributed by atoms with van der Waals surface area (Å²) in [6.45, 7) is 5.59. The number of carbonyl (C=O) groups excluding carboxylic acids is 2. The van der Waals surface area contributed by atoms with Crippen molar-refractivity contribution in [3.8, 4) is 23.3 Å². The molecule has 4 aromatic carbocycles. The third-order valence-electron chi connectivity index (χ3n) is 13.1. The van der Waals surface area contributed by atoms with Crippen LogP contribution in [0.3, 0.4) is 0 Å². The number of fused-ring (bicyclic) bond motifs is 2. The van der Waals surface area contributed by atoms with Gasteiger partial charge in [0, 0.05) is 84.0 Å². The molecule has 6 aromatic rings. The molecule has 0 saturated carbocycles. The van der Waals surface area contributed by atoms with Crippen LogP contribution in [0.5, 0.6) is 11.5 Å². The molecule has 18 nitrogen and oxygen atoms in total.